The van der Waals surface area contributed by atoms with Crippen LogP contribution in [-0.4, -0.2) is 38.4 Å². The van der Waals surface area contributed by atoms with Crippen molar-refractivity contribution in [2.75, 3.05) is 31.2 Å². The summed E-state index contributed by atoms with van der Waals surface area (Å²) in [7, 11) is 0. The molecule has 182 valence electrons. The van der Waals surface area contributed by atoms with Crippen molar-refractivity contribution in [3.8, 4) is 5.75 Å². The molecule has 1 N–H and O–H groups in total. The Hall–Kier alpha value is -3.64. The lowest BCUT2D eigenvalue weighted by Crippen LogP contribution is -2.36. The van der Waals surface area contributed by atoms with Gasteiger partial charge in [0.25, 0.3) is 5.91 Å². The number of benzene rings is 3. The zero-order chi connectivity index (χ0) is 24.7. The van der Waals surface area contributed by atoms with Gasteiger partial charge in [-0.3, -0.25) is 4.79 Å². The number of carbonyl (C=O) groups excluding carboxylic acids is 1. The van der Waals surface area contributed by atoms with Gasteiger partial charge in [-0.1, -0.05) is 57.2 Å². The lowest BCUT2D eigenvalue weighted by molar-refractivity contribution is 0.0955. The number of anilines is 1. The van der Waals surface area contributed by atoms with Crippen LogP contribution in [0.25, 0.3) is 0 Å². The van der Waals surface area contributed by atoms with Crippen LogP contribution in [0.15, 0.2) is 77.9 Å². The minimum absolute atomic E-state index is 0.118. The first-order valence-corrected chi connectivity index (χ1v) is 12.0. The first kappa shape index (κ1) is 24.5. The van der Waals surface area contributed by atoms with Crippen molar-refractivity contribution in [2.24, 2.45) is 5.10 Å². The molecule has 1 aliphatic heterocycles. The van der Waals surface area contributed by atoms with Crippen molar-refractivity contribution in [3.05, 3.63) is 95.1 Å². The number of amides is 1. The van der Waals surface area contributed by atoms with Crippen molar-refractivity contribution in [3.63, 3.8) is 0 Å². The van der Waals surface area contributed by atoms with Gasteiger partial charge in [0.2, 0.25) is 0 Å². The fourth-order valence-corrected chi connectivity index (χ4v) is 3.79. The Balaban J connectivity index is 1.25. The van der Waals surface area contributed by atoms with E-state index in [1.165, 1.54) is 11.3 Å². The second kappa shape index (κ2) is 11.2. The molecule has 1 fully saturated rings. The van der Waals surface area contributed by atoms with Crippen molar-refractivity contribution < 1.29 is 14.3 Å². The van der Waals surface area contributed by atoms with Crippen LogP contribution in [0.1, 0.15) is 47.8 Å². The topological polar surface area (TPSA) is 63.2 Å². The fourth-order valence-electron chi connectivity index (χ4n) is 3.79. The predicted octanol–water partition coefficient (Wildman–Crippen LogP) is 5.16. The van der Waals surface area contributed by atoms with Gasteiger partial charge < -0.3 is 14.4 Å². The third kappa shape index (κ3) is 6.93. The summed E-state index contributed by atoms with van der Waals surface area (Å²) < 4.78 is 11.3. The van der Waals surface area contributed by atoms with Crippen LogP contribution in [-0.2, 0) is 16.8 Å². The molecule has 35 heavy (non-hydrogen) atoms. The largest absolute Gasteiger partial charge is 0.489 e. The fraction of sp³-hybridized carbons (Fsp3) is 0.310. The van der Waals surface area contributed by atoms with E-state index in [0.29, 0.717) is 12.2 Å². The van der Waals surface area contributed by atoms with Gasteiger partial charge in [0.05, 0.1) is 19.4 Å². The standard InChI is InChI=1S/C29H33N3O3/c1-29(2,3)25-10-14-27(15-11-25)35-21-23-4-8-24(9-5-23)28(33)31-30-20-22-6-12-26(13-7-22)32-16-18-34-19-17-32/h4-15,20H,16-19,21H2,1-3H3,(H,31,33)/b30-20-. The van der Waals surface area contributed by atoms with E-state index in [9.17, 15) is 4.79 Å². The minimum atomic E-state index is -0.253. The molecule has 4 rings (SSSR count). The van der Waals surface area contributed by atoms with Gasteiger partial charge in [0.1, 0.15) is 12.4 Å². The van der Waals surface area contributed by atoms with Gasteiger partial charge >= 0.3 is 0 Å². The van der Waals surface area contributed by atoms with Crippen molar-refractivity contribution in [1.82, 2.24) is 5.43 Å². The molecule has 0 aromatic heterocycles. The molecule has 0 radical (unpaired) electrons. The third-order valence-electron chi connectivity index (χ3n) is 5.99. The zero-order valence-corrected chi connectivity index (χ0v) is 20.7. The van der Waals surface area contributed by atoms with Gasteiger partial charge in [-0.25, -0.2) is 5.43 Å². The minimum Gasteiger partial charge on any atom is -0.489 e. The predicted molar refractivity (Wildman–Crippen MR) is 140 cm³/mol. The quantitative estimate of drug-likeness (QED) is 0.382. The van der Waals surface area contributed by atoms with Crippen molar-refractivity contribution >= 4 is 17.8 Å². The summed E-state index contributed by atoms with van der Waals surface area (Å²) in [6.45, 7) is 10.3. The highest BCUT2D eigenvalue weighted by molar-refractivity contribution is 5.94. The van der Waals surface area contributed by atoms with Gasteiger partial charge in [0.15, 0.2) is 0 Å². The molecule has 0 atom stereocenters. The molecule has 0 spiro atoms. The molecule has 1 heterocycles. The van der Waals surface area contributed by atoms with Crippen LogP contribution in [0.4, 0.5) is 5.69 Å². The van der Waals surface area contributed by atoms with Crippen LogP contribution in [0.2, 0.25) is 0 Å². The smallest absolute Gasteiger partial charge is 0.271 e. The third-order valence-corrected chi connectivity index (χ3v) is 5.99. The molecule has 0 unspecified atom stereocenters. The maximum Gasteiger partial charge on any atom is 0.271 e. The van der Waals surface area contributed by atoms with Gasteiger partial charge in [0, 0.05) is 24.3 Å². The molecule has 3 aromatic carbocycles. The van der Waals surface area contributed by atoms with E-state index >= 15 is 0 Å². The highest BCUT2D eigenvalue weighted by Gasteiger charge is 2.13. The van der Waals surface area contributed by atoms with Crippen LogP contribution < -0.4 is 15.1 Å². The Morgan fingerprint density at radius 2 is 1.63 bits per heavy atom. The van der Waals surface area contributed by atoms with E-state index in [1.54, 1.807) is 18.3 Å². The summed E-state index contributed by atoms with van der Waals surface area (Å²) in [4.78, 5) is 14.7. The molecule has 1 saturated heterocycles. The van der Waals surface area contributed by atoms with Gasteiger partial charge in [-0.15, -0.1) is 0 Å². The molecule has 0 aliphatic carbocycles. The van der Waals surface area contributed by atoms with Gasteiger partial charge in [-0.2, -0.15) is 5.10 Å². The molecule has 6 nitrogen and oxygen atoms in total. The molecule has 1 amide bonds. The average Bonchev–Trinajstić information content (AvgIpc) is 2.88. The second-order valence-electron chi connectivity index (χ2n) is 9.65. The van der Waals surface area contributed by atoms with Crippen LogP contribution in [0.5, 0.6) is 5.75 Å². The van der Waals surface area contributed by atoms with E-state index in [2.05, 4.69) is 60.5 Å². The van der Waals surface area contributed by atoms with E-state index in [-0.39, 0.29) is 11.3 Å². The van der Waals surface area contributed by atoms with Crippen LogP contribution in [0, 0.1) is 0 Å². The summed E-state index contributed by atoms with van der Waals surface area (Å²) in [6.07, 6.45) is 1.65. The van der Waals surface area contributed by atoms with Crippen LogP contribution >= 0.6 is 0 Å². The maximum absolute atomic E-state index is 12.4. The Kier molecular flexibility index (Phi) is 7.83. The average molecular weight is 472 g/mol. The number of nitrogens with zero attached hydrogens (tertiary/aromatic N) is 2. The summed E-state index contributed by atoms with van der Waals surface area (Å²) in [5.41, 5.74) is 7.61. The second-order valence-corrected chi connectivity index (χ2v) is 9.65. The van der Waals surface area contributed by atoms with E-state index in [0.717, 1.165) is 43.2 Å². The Morgan fingerprint density at radius 1 is 0.971 bits per heavy atom. The highest BCUT2D eigenvalue weighted by Crippen LogP contribution is 2.24. The number of carbonyl (C=O) groups is 1. The monoisotopic (exact) mass is 471 g/mol. The summed E-state index contributed by atoms with van der Waals surface area (Å²) in [6, 6.07) is 23.7. The molecule has 0 bridgehead atoms. The Bertz CT molecular complexity index is 1130. The number of hydrazone groups is 1. The summed E-state index contributed by atoms with van der Waals surface area (Å²) in [5.74, 6) is 0.573. The lowest BCUT2D eigenvalue weighted by atomic mass is 9.87. The molecule has 3 aromatic rings. The number of morpholine rings is 1. The summed E-state index contributed by atoms with van der Waals surface area (Å²) >= 11 is 0. The van der Waals surface area contributed by atoms with Crippen LogP contribution in [0.3, 0.4) is 0 Å². The van der Waals surface area contributed by atoms with E-state index in [4.69, 9.17) is 9.47 Å². The maximum atomic E-state index is 12.4. The SMILES string of the molecule is CC(C)(C)c1ccc(OCc2ccc(C(=O)N/N=C\c3ccc(N4CCOCC4)cc3)cc2)cc1. The van der Waals surface area contributed by atoms with Crippen molar-refractivity contribution in [1.29, 1.82) is 0 Å². The molecule has 6 heteroatoms. The molecule has 1 aliphatic rings. The highest BCUT2D eigenvalue weighted by atomic mass is 16.5. The van der Waals surface area contributed by atoms with Gasteiger partial charge in [-0.05, 0) is 58.5 Å². The number of hydrogen-bond donors (Lipinski definition) is 1. The Morgan fingerprint density at radius 3 is 2.26 bits per heavy atom. The van der Waals surface area contributed by atoms with E-state index in [1.807, 2.05) is 36.4 Å². The first-order valence-electron chi connectivity index (χ1n) is 12.0. The lowest BCUT2D eigenvalue weighted by Gasteiger charge is -2.28. The van der Waals surface area contributed by atoms with E-state index < -0.39 is 0 Å². The number of ether oxygens (including phenoxy) is 2. The summed E-state index contributed by atoms with van der Waals surface area (Å²) in [5, 5.41) is 4.10. The normalized spacial score (nSPS) is 14.2. The number of nitrogens with one attached hydrogen (secondary N) is 1. The number of rotatable bonds is 7. The zero-order valence-electron chi connectivity index (χ0n) is 20.7. The molecular formula is C29H33N3O3. The molecular weight excluding hydrogens is 438 g/mol. The molecule has 0 saturated carbocycles. The number of hydrogen-bond acceptors (Lipinski definition) is 5. The van der Waals surface area contributed by atoms with Crippen molar-refractivity contribution in [2.45, 2.75) is 32.8 Å². The first-order chi connectivity index (χ1) is 16.9. The Labute approximate surface area is 207 Å².